The van der Waals surface area contributed by atoms with Gasteiger partial charge in [0.15, 0.2) is 0 Å². The van der Waals surface area contributed by atoms with Crippen LogP contribution in [0.4, 0.5) is 0 Å². The van der Waals surface area contributed by atoms with Crippen molar-refractivity contribution in [2.75, 3.05) is 6.54 Å². The highest BCUT2D eigenvalue weighted by molar-refractivity contribution is 7.89. The van der Waals surface area contributed by atoms with Gasteiger partial charge in [-0.05, 0) is 62.8 Å². The second-order valence-corrected chi connectivity index (χ2v) is 11.0. The van der Waals surface area contributed by atoms with Gasteiger partial charge in [-0.2, -0.15) is 4.31 Å². The second-order valence-electron chi connectivity index (χ2n) is 9.06. The zero-order chi connectivity index (χ0) is 20.5. The Balaban J connectivity index is 1.60. The van der Waals surface area contributed by atoms with Crippen molar-refractivity contribution in [2.24, 2.45) is 5.41 Å². The molecule has 3 aliphatic rings. The number of nitrogens with zero attached hydrogens (tertiary/aromatic N) is 1. The van der Waals surface area contributed by atoms with E-state index >= 15 is 0 Å². The summed E-state index contributed by atoms with van der Waals surface area (Å²) in [5, 5.41) is 1.16. The number of rotatable bonds is 2. The van der Waals surface area contributed by atoms with E-state index in [1.807, 2.05) is 29.4 Å². The van der Waals surface area contributed by atoms with Crippen molar-refractivity contribution in [3.05, 3.63) is 71.4 Å². The van der Waals surface area contributed by atoms with Gasteiger partial charge in [0, 0.05) is 34.1 Å². The van der Waals surface area contributed by atoms with Gasteiger partial charge in [0.1, 0.15) is 0 Å². The maximum Gasteiger partial charge on any atom is 0.243 e. The highest BCUT2D eigenvalue weighted by Crippen LogP contribution is 2.66. The van der Waals surface area contributed by atoms with E-state index in [0.29, 0.717) is 11.4 Å². The monoisotopic (exact) mass is 418 g/mol. The van der Waals surface area contributed by atoms with Crippen LogP contribution in [-0.4, -0.2) is 24.3 Å². The lowest BCUT2D eigenvalue weighted by Gasteiger charge is -2.48. The van der Waals surface area contributed by atoms with Crippen molar-refractivity contribution < 1.29 is 8.42 Å². The van der Waals surface area contributed by atoms with Crippen LogP contribution in [0.5, 0.6) is 0 Å². The van der Waals surface area contributed by atoms with Crippen LogP contribution >= 0.6 is 0 Å². The molecule has 1 aliphatic heterocycles. The average molecular weight is 419 g/mol. The highest BCUT2D eigenvalue weighted by Gasteiger charge is 2.58. The predicted molar refractivity (Wildman–Crippen MR) is 120 cm³/mol. The number of aromatic amines is 1. The lowest BCUT2D eigenvalue weighted by molar-refractivity contribution is 0.116. The minimum atomic E-state index is -3.59. The molecule has 154 valence electrons. The third-order valence-corrected chi connectivity index (χ3v) is 9.32. The molecular formula is C25H26N2O2S. The summed E-state index contributed by atoms with van der Waals surface area (Å²) in [6.07, 6.45) is 7.59. The van der Waals surface area contributed by atoms with E-state index in [4.69, 9.17) is 0 Å². The zero-order valence-electron chi connectivity index (χ0n) is 17.2. The number of H-pyrrole nitrogens is 1. The summed E-state index contributed by atoms with van der Waals surface area (Å²) in [6.45, 7) is 2.56. The Hall–Kier alpha value is -2.37. The van der Waals surface area contributed by atoms with E-state index in [0.717, 1.165) is 48.6 Å². The number of nitrogens with one attached hydrogen (secondary N) is 1. The Morgan fingerprint density at radius 3 is 2.63 bits per heavy atom. The quantitative estimate of drug-likeness (QED) is 0.591. The first-order chi connectivity index (χ1) is 14.5. The van der Waals surface area contributed by atoms with Gasteiger partial charge < -0.3 is 4.98 Å². The van der Waals surface area contributed by atoms with E-state index in [-0.39, 0.29) is 11.5 Å². The standard InChI is InChI=1S/C25H26N2O2S/c1-17-10-12-18(13-11-17)30(28,29)27-16-6-15-25-14-5-4-8-20(25)23-22(24(25)27)19-7-2-3-9-21(19)26-23/h2-3,7-13,24,26H,4-6,14-16H2,1H3/t24-,25+/m0/s1. The summed E-state index contributed by atoms with van der Waals surface area (Å²) >= 11 is 0. The van der Waals surface area contributed by atoms with E-state index in [1.54, 1.807) is 12.1 Å². The van der Waals surface area contributed by atoms with Crippen molar-refractivity contribution in [2.45, 2.75) is 50.0 Å². The Kier molecular flexibility index (Phi) is 3.87. The van der Waals surface area contributed by atoms with Crippen molar-refractivity contribution >= 4 is 26.5 Å². The number of hydrogen-bond donors (Lipinski definition) is 1. The maximum atomic E-state index is 13.9. The van der Waals surface area contributed by atoms with Crippen LogP contribution in [0.15, 0.2) is 59.5 Å². The molecule has 0 bridgehead atoms. The third-order valence-electron chi connectivity index (χ3n) is 7.44. The number of para-hydroxylation sites is 1. The first kappa shape index (κ1) is 18.4. The van der Waals surface area contributed by atoms with Crippen molar-refractivity contribution in [3.63, 3.8) is 0 Å². The normalized spacial score (nSPS) is 26.2. The molecule has 30 heavy (non-hydrogen) atoms. The van der Waals surface area contributed by atoms with Gasteiger partial charge in [-0.1, -0.05) is 42.0 Å². The fraction of sp³-hybridized carbons (Fsp3) is 0.360. The number of aryl methyl sites for hydroxylation is 1. The summed E-state index contributed by atoms with van der Waals surface area (Å²) in [5.74, 6) is 0. The molecule has 1 spiro atoms. The molecule has 1 aromatic heterocycles. The summed E-state index contributed by atoms with van der Waals surface area (Å²) in [4.78, 5) is 4.06. The van der Waals surface area contributed by atoms with E-state index in [9.17, 15) is 8.42 Å². The summed E-state index contributed by atoms with van der Waals surface area (Å²) in [5.41, 5.74) is 5.79. The summed E-state index contributed by atoms with van der Waals surface area (Å²) in [6, 6.07) is 15.5. The number of piperidine rings is 1. The molecule has 2 aliphatic carbocycles. The fourth-order valence-electron chi connectivity index (χ4n) is 6.17. The molecule has 1 fully saturated rings. The SMILES string of the molecule is Cc1ccc(S(=O)(=O)N2CCC[C@]34CCCC=C3c3[nH]c5ccccc5c3[C@H]24)cc1. The van der Waals surface area contributed by atoms with Crippen LogP contribution < -0.4 is 0 Å². The van der Waals surface area contributed by atoms with Crippen LogP contribution in [0.2, 0.25) is 0 Å². The van der Waals surface area contributed by atoms with Gasteiger partial charge in [-0.3, -0.25) is 0 Å². The number of fused-ring (bicyclic) bond motifs is 5. The van der Waals surface area contributed by atoms with Gasteiger partial charge in [-0.15, -0.1) is 0 Å². The van der Waals surface area contributed by atoms with Crippen LogP contribution in [0.25, 0.3) is 16.5 Å². The van der Waals surface area contributed by atoms with Crippen molar-refractivity contribution in [3.8, 4) is 0 Å². The molecule has 3 aromatic rings. The average Bonchev–Trinajstić information content (AvgIpc) is 3.26. The zero-order valence-corrected chi connectivity index (χ0v) is 18.0. The van der Waals surface area contributed by atoms with Gasteiger partial charge in [-0.25, -0.2) is 8.42 Å². The van der Waals surface area contributed by atoms with Crippen LogP contribution in [-0.2, 0) is 10.0 Å². The Labute approximate surface area is 177 Å². The number of hydrogen-bond acceptors (Lipinski definition) is 2. The van der Waals surface area contributed by atoms with Crippen LogP contribution in [0.1, 0.15) is 55.0 Å². The summed E-state index contributed by atoms with van der Waals surface area (Å²) < 4.78 is 29.6. The van der Waals surface area contributed by atoms with Gasteiger partial charge in [0.2, 0.25) is 10.0 Å². The fourth-order valence-corrected chi connectivity index (χ4v) is 7.88. The van der Waals surface area contributed by atoms with E-state index in [2.05, 4.69) is 29.3 Å². The minimum Gasteiger partial charge on any atom is -0.354 e. The van der Waals surface area contributed by atoms with Gasteiger partial charge in [0.05, 0.1) is 10.9 Å². The molecule has 4 nitrogen and oxygen atoms in total. The molecule has 0 radical (unpaired) electrons. The Morgan fingerprint density at radius 1 is 1.03 bits per heavy atom. The topological polar surface area (TPSA) is 53.2 Å². The van der Waals surface area contributed by atoms with Gasteiger partial charge >= 0.3 is 0 Å². The van der Waals surface area contributed by atoms with Crippen molar-refractivity contribution in [1.29, 1.82) is 0 Å². The third kappa shape index (κ3) is 2.33. The Morgan fingerprint density at radius 2 is 1.80 bits per heavy atom. The highest BCUT2D eigenvalue weighted by atomic mass is 32.2. The molecule has 1 saturated heterocycles. The first-order valence-corrected chi connectivity index (χ1v) is 12.4. The maximum absolute atomic E-state index is 13.9. The minimum absolute atomic E-state index is 0.0978. The molecule has 6 rings (SSSR count). The molecule has 5 heteroatoms. The van der Waals surface area contributed by atoms with E-state index < -0.39 is 10.0 Å². The number of benzene rings is 2. The molecule has 2 heterocycles. The molecule has 2 aromatic carbocycles. The van der Waals surface area contributed by atoms with Crippen LogP contribution in [0.3, 0.4) is 0 Å². The molecular weight excluding hydrogens is 392 g/mol. The summed E-state index contributed by atoms with van der Waals surface area (Å²) in [7, 11) is -3.59. The van der Waals surface area contributed by atoms with E-state index in [1.165, 1.54) is 16.8 Å². The molecule has 1 N–H and O–H groups in total. The van der Waals surface area contributed by atoms with Crippen LogP contribution in [0, 0.1) is 12.3 Å². The van der Waals surface area contributed by atoms with Gasteiger partial charge in [0.25, 0.3) is 0 Å². The Bertz CT molecular complexity index is 1290. The molecule has 0 saturated carbocycles. The largest absolute Gasteiger partial charge is 0.354 e. The number of aromatic nitrogens is 1. The molecule has 0 unspecified atom stereocenters. The number of sulfonamides is 1. The number of allylic oxidation sites excluding steroid dienone is 1. The smallest absolute Gasteiger partial charge is 0.243 e. The molecule has 2 atom stereocenters. The lowest BCUT2D eigenvalue weighted by atomic mass is 9.66. The lowest BCUT2D eigenvalue weighted by Crippen LogP contribution is -2.47. The second kappa shape index (κ2) is 6.32. The first-order valence-electron chi connectivity index (χ1n) is 10.9. The predicted octanol–water partition coefficient (Wildman–Crippen LogP) is 5.57. The molecule has 0 amide bonds. The van der Waals surface area contributed by atoms with Crippen molar-refractivity contribution in [1.82, 2.24) is 9.29 Å².